The zero-order valence-electron chi connectivity index (χ0n) is 10.8. The molecule has 0 fully saturated rings. The zero-order valence-corrected chi connectivity index (χ0v) is 11.6. The highest BCUT2D eigenvalue weighted by atomic mass is 32.2. The normalized spacial score (nSPS) is 13.9. The quantitative estimate of drug-likeness (QED) is 0.609. The molecule has 0 spiro atoms. The Balaban J connectivity index is 3.95. The molecule has 17 heavy (non-hydrogen) atoms. The van der Waals surface area contributed by atoms with E-state index in [1.54, 1.807) is 13.8 Å². The van der Waals surface area contributed by atoms with Crippen LogP contribution in [-0.4, -0.2) is 43.1 Å². The number of hydrogen-bond acceptors (Lipinski definition) is 4. The zero-order chi connectivity index (χ0) is 13.5. The van der Waals surface area contributed by atoms with Gasteiger partial charge in [0.25, 0.3) is 0 Å². The first-order valence-electron chi connectivity index (χ1n) is 5.99. The highest BCUT2D eigenvalue weighted by Gasteiger charge is 2.17. The fourth-order valence-electron chi connectivity index (χ4n) is 1.39. The molecule has 0 aromatic heterocycles. The monoisotopic (exact) mass is 265 g/mol. The van der Waals surface area contributed by atoms with E-state index in [1.165, 1.54) is 0 Å². The number of rotatable bonds is 9. The molecule has 5 nitrogen and oxygen atoms in total. The minimum absolute atomic E-state index is 0.107. The number of nitrogens with one attached hydrogen (secondary N) is 1. The molecule has 0 aliphatic rings. The van der Waals surface area contributed by atoms with Crippen LogP contribution in [-0.2, 0) is 14.6 Å². The fraction of sp³-hybridized carbons (Fsp3) is 0.909. The second-order valence-corrected chi connectivity index (χ2v) is 7.08. The van der Waals surface area contributed by atoms with Crippen molar-refractivity contribution in [1.82, 2.24) is 5.32 Å². The summed E-state index contributed by atoms with van der Waals surface area (Å²) in [5.41, 5.74) is 0. The topological polar surface area (TPSA) is 83.5 Å². The van der Waals surface area contributed by atoms with Gasteiger partial charge >= 0.3 is 5.97 Å². The van der Waals surface area contributed by atoms with E-state index in [1.807, 2.05) is 6.92 Å². The SMILES string of the molecule is CCCC(NCCCS(=O)(=O)C(C)C)C(=O)O. The van der Waals surface area contributed by atoms with Crippen molar-refractivity contribution in [1.29, 1.82) is 0 Å². The molecule has 0 saturated carbocycles. The molecular formula is C11H23NO4S. The first kappa shape index (κ1) is 16.4. The van der Waals surface area contributed by atoms with Gasteiger partial charge in [0.2, 0.25) is 0 Å². The highest BCUT2D eigenvalue weighted by molar-refractivity contribution is 7.91. The van der Waals surface area contributed by atoms with Crippen LogP contribution in [0.4, 0.5) is 0 Å². The fourth-order valence-corrected chi connectivity index (χ4v) is 2.40. The third-order valence-corrected chi connectivity index (χ3v) is 4.88. The van der Waals surface area contributed by atoms with Crippen LogP contribution in [0, 0.1) is 0 Å². The van der Waals surface area contributed by atoms with Crippen molar-refractivity contribution in [3.63, 3.8) is 0 Å². The minimum atomic E-state index is -3.02. The van der Waals surface area contributed by atoms with Crippen LogP contribution >= 0.6 is 0 Å². The van der Waals surface area contributed by atoms with Gasteiger partial charge in [0.05, 0.1) is 11.0 Å². The smallest absolute Gasteiger partial charge is 0.320 e. The van der Waals surface area contributed by atoms with Crippen LogP contribution in [0.15, 0.2) is 0 Å². The molecule has 1 unspecified atom stereocenters. The minimum Gasteiger partial charge on any atom is -0.480 e. The van der Waals surface area contributed by atoms with E-state index in [-0.39, 0.29) is 11.0 Å². The molecule has 0 saturated heterocycles. The highest BCUT2D eigenvalue weighted by Crippen LogP contribution is 2.03. The number of carbonyl (C=O) groups is 1. The van der Waals surface area contributed by atoms with Gasteiger partial charge in [-0.15, -0.1) is 0 Å². The van der Waals surface area contributed by atoms with E-state index in [0.29, 0.717) is 19.4 Å². The number of carboxylic acids is 1. The standard InChI is InChI=1S/C11H23NO4S/c1-4-6-10(11(13)14)12-7-5-8-17(15,16)9(2)3/h9-10,12H,4-8H2,1-3H3,(H,13,14). The average molecular weight is 265 g/mol. The van der Waals surface area contributed by atoms with Crippen molar-refractivity contribution in [2.75, 3.05) is 12.3 Å². The third-order valence-electron chi connectivity index (χ3n) is 2.59. The second-order valence-electron chi connectivity index (χ2n) is 4.40. The number of carboxylic acid groups (broad SMARTS) is 1. The summed E-state index contributed by atoms with van der Waals surface area (Å²) in [6.45, 7) is 5.64. The molecule has 0 aromatic carbocycles. The van der Waals surface area contributed by atoms with Crippen molar-refractivity contribution < 1.29 is 18.3 Å². The van der Waals surface area contributed by atoms with Crippen LogP contribution in [0.2, 0.25) is 0 Å². The summed E-state index contributed by atoms with van der Waals surface area (Å²) in [4.78, 5) is 10.8. The van der Waals surface area contributed by atoms with E-state index < -0.39 is 21.8 Å². The van der Waals surface area contributed by atoms with Gasteiger partial charge in [0, 0.05) is 0 Å². The Morgan fingerprint density at radius 1 is 1.35 bits per heavy atom. The van der Waals surface area contributed by atoms with E-state index in [4.69, 9.17) is 5.11 Å². The maximum absolute atomic E-state index is 11.5. The van der Waals surface area contributed by atoms with Crippen LogP contribution in [0.25, 0.3) is 0 Å². The lowest BCUT2D eigenvalue weighted by Gasteiger charge is -2.13. The Morgan fingerprint density at radius 3 is 2.35 bits per heavy atom. The predicted octanol–water partition coefficient (Wildman–Crippen LogP) is 1.04. The molecule has 6 heteroatoms. The lowest BCUT2D eigenvalue weighted by molar-refractivity contribution is -0.139. The van der Waals surface area contributed by atoms with Gasteiger partial charge < -0.3 is 10.4 Å². The van der Waals surface area contributed by atoms with Gasteiger partial charge in [0.15, 0.2) is 9.84 Å². The number of hydrogen-bond donors (Lipinski definition) is 2. The Morgan fingerprint density at radius 2 is 1.94 bits per heavy atom. The van der Waals surface area contributed by atoms with Gasteiger partial charge in [-0.05, 0) is 33.2 Å². The summed E-state index contributed by atoms with van der Waals surface area (Å²) in [5, 5.41) is 11.4. The van der Waals surface area contributed by atoms with Crippen LogP contribution in [0.3, 0.4) is 0 Å². The number of aliphatic carboxylic acids is 1. The van der Waals surface area contributed by atoms with E-state index in [2.05, 4.69) is 5.32 Å². The molecular weight excluding hydrogens is 242 g/mol. The van der Waals surface area contributed by atoms with Crippen molar-refractivity contribution in [2.24, 2.45) is 0 Å². The van der Waals surface area contributed by atoms with E-state index >= 15 is 0 Å². The first-order valence-corrected chi connectivity index (χ1v) is 7.70. The molecule has 0 amide bonds. The first-order chi connectivity index (χ1) is 7.81. The van der Waals surface area contributed by atoms with Gasteiger partial charge in [-0.3, -0.25) is 4.79 Å². The second kappa shape index (κ2) is 7.66. The molecule has 0 bridgehead atoms. The molecule has 1 atom stereocenters. The third kappa shape index (κ3) is 6.63. The molecule has 0 aromatic rings. The van der Waals surface area contributed by atoms with Crippen LogP contribution < -0.4 is 5.32 Å². The van der Waals surface area contributed by atoms with Gasteiger partial charge in [0.1, 0.15) is 6.04 Å². The van der Waals surface area contributed by atoms with E-state index in [9.17, 15) is 13.2 Å². The maximum Gasteiger partial charge on any atom is 0.320 e. The van der Waals surface area contributed by atoms with Crippen molar-refractivity contribution >= 4 is 15.8 Å². The summed E-state index contributed by atoms with van der Waals surface area (Å²) in [6, 6.07) is -0.568. The molecule has 0 aliphatic carbocycles. The molecule has 2 N–H and O–H groups in total. The van der Waals surface area contributed by atoms with Crippen LogP contribution in [0.1, 0.15) is 40.0 Å². The Hall–Kier alpha value is -0.620. The average Bonchev–Trinajstić information content (AvgIpc) is 2.22. The largest absolute Gasteiger partial charge is 0.480 e. The van der Waals surface area contributed by atoms with Crippen molar-refractivity contribution in [3.8, 4) is 0 Å². The Kier molecular flexibility index (Phi) is 7.38. The summed E-state index contributed by atoms with van der Waals surface area (Å²) in [5.74, 6) is -0.769. The molecule has 0 radical (unpaired) electrons. The maximum atomic E-state index is 11.5. The number of sulfone groups is 1. The molecule has 0 heterocycles. The molecule has 102 valence electrons. The van der Waals surface area contributed by atoms with Gasteiger partial charge in [-0.1, -0.05) is 13.3 Å². The summed E-state index contributed by atoms with van der Waals surface area (Å²) in [7, 11) is -3.02. The Labute approximate surface area is 104 Å². The van der Waals surface area contributed by atoms with Crippen molar-refractivity contribution in [3.05, 3.63) is 0 Å². The molecule has 0 rings (SSSR count). The summed E-state index contributed by atoms with van der Waals surface area (Å²) >= 11 is 0. The summed E-state index contributed by atoms with van der Waals surface area (Å²) < 4.78 is 23.0. The lowest BCUT2D eigenvalue weighted by atomic mass is 10.1. The van der Waals surface area contributed by atoms with Crippen LogP contribution in [0.5, 0.6) is 0 Å². The van der Waals surface area contributed by atoms with Gasteiger partial charge in [-0.2, -0.15) is 0 Å². The summed E-state index contributed by atoms with van der Waals surface area (Å²) in [6.07, 6.45) is 1.80. The van der Waals surface area contributed by atoms with E-state index in [0.717, 1.165) is 6.42 Å². The Bertz CT molecular complexity index is 324. The predicted molar refractivity (Wildman–Crippen MR) is 67.9 cm³/mol. The lowest BCUT2D eigenvalue weighted by Crippen LogP contribution is -2.37. The van der Waals surface area contributed by atoms with Gasteiger partial charge in [-0.25, -0.2) is 8.42 Å². The van der Waals surface area contributed by atoms with Crippen molar-refractivity contribution in [2.45, 2.75) is 51.3 Å². The molecule has 0 aliphatic heterocycles.